The van der Waals surface area contributed by atoms with Crippen LogP contribution in [0.25, 0.3) is 0 Å². The monoisotopic (exact) mass is 392 g/mol. The standard InChI is InChI=1S/C19H28N4O3S/c1-20-7-11-22(12-8-20)27(25,26)23-13-9-21(10-14-23)19(24)18-6-5-16-3-2-4-17(16)15-18/h5-6,15H,2-4,7-14H2,1H3. The van der Waals surface area contributed by atoms with Crippen molar-refractivity contribution in [3.05, 3.63) is 34.9 Å². The molecule has 0 radical (unpaired) electrons. The quantitative estimate of drug-likeness (QED) is 0.748. The van der Waals surface area contributed by atoms with Crippen LogP contribution >= 0.6 is 0 Å². The second-order valence-corrected chi connectivity index (χ2v) is 9.67. The molecule has 148 valence electrons. The number of carbonyl (C=O) groups is 1. The van der Waals surface area contributed by atoms with E-state index in [-0.39, 0.29) is 5.91 Å². The number of carbonyl (C=O) groups excluding carboxylic acids is 1. The maximum absolute atomic E-state index is 12.9. The van der Waals surface area contributed by atoms with Crippen molar-refractivity contribution in [2.24, 2.45) is 0 Å². The van der Waals surface area contributed by atoms with Gasteiger partial charge in [0.25, 0.3) is 16.1 Å². The van der Waals surface area contributed by atoms with Crippen LogP contribution in [0, 0.1) is 0 Å². The molecule has 1 amide bonds. The van der Waals surface area contributed by atoms with E-state index in [1.54, 1.807) is 9.21 Å². The van der Waals surface area contributed by atoms with Crippen LogP contribution in [0.2, 0.25) is 0 Å². The third-order valence-electron chi connectivity index (χ3n) is 5.99. The molecule has 0 aromatic heterocycles. The van der Waals surface area contributed by atoms with E-state index in [0.717, 1.165) is 37.9 Å². The van der Waals surface area contributed by atoms with Crippen LogP contribution in [0.4, 0.5) is 0 Å². The lowest BCUT2D eigenvalue weighted by Crippen LogP contribution is -2.57. The van der Waals surface area contributed by atoms with E-state index in [0.29, 0.717) is 39.3 Å². The van der Waals surface area contributed by atoms with E-state index in [1.165, 1.54) is 15.4 Å². The Hall–Kier alpha value is -1.48. The summed E-state index contributed by atoms with van der Waals surface area (Å²) in [4.78, 5) is 16.8. The SMILES string of the molecule is CN1CCN(S(=O)(=O)N2CCN(C(=O)c3ccc4c(c3)CCC4)CC2)CC1. The molecule has 0 unspecified atom stereocenters. The summed E-state index contributed by atoms with van der Waals surface area (Å²) in [6.07, 6.45) is 3.32. The van der Waals surface area contributed by atoms with Crippen LogP contribution in [0.15, 0.2) is 18.2 Å². The molecule has 0 saturated carbocycles. The third-order valence-corrected chi connectivity index (χ3v) is 8.02. The number of likely N-dealkylation sites (N-methyl/N-ethyl adjacent to an activating group) is 1. The summed E-state index contributed by atoms with van der Waals surface area (Å²) in [5.41, 5.74) is 3.37. The predicted molar refractivity (Wildman–Crippen MR) is 104 cm³/mol. The highest BCUT2D eigenvalue weighted by Gasteiger charge is 2.34. The largest absolute Gasteiger partial charge is 0.336 e. The molecule has 27 heavy (non-hydrogen) atoms. The highest BCUT2D eigenvalue weighted by molar-refractivity contribution is 7.86. The van der Waals surface area contributed by atoms with Crippen LogP contribution in [-0.2, 0) is 23.1 Å². The number of rotatable bonds is 3. The van der Waals surface area contributed by atoms with Gasteiger partial charge in [-0.3, -0.25) is 4.79 Å². The lowest BCUT2D eigenvalue weighted by atomic mass is 10.1. The van der Waals surface area contributed by atoms with Crippen molar-refractivity contribution in [2.75, 3.05) is 59.4 Å². The van der Waals surface area contributed by atoms with E-state index in [1.807, 2.05) is 19.2 Å². The number of amides is 1. The highest BCUT2D eigenvalue weighted by Crippen LogP contribution is 2.24. The van der Waals surface area contributed by atoms with E-state index in [4.69, 9.17) is 0 Å². The van der Waals surface area contributed by atoms with Gasteiger partial charge >= 0.3 is 0 Å². The van der Waals surface area contributed by atoms with Crippen LogP contribution in [0.1, 0.15) is 27.9 Å². The van der Waals surface area contributed by atoms with Crippen molar-refractivity contribution in [1.29, 1.82) is 0 Å². The molecule has 7 nitrogen and oxygen atoms in total. The zero-order valence-electron chi connectivity index (χ0n) is 15.9. The number of hydrogen-bond donors (Lipinski definition) is 0. The van der Waals surface area contributed by atoms with Crippen LogP contribution in [0.5, 0.6) is 0 Å². The maximum atomic E-state index is 12.9. The number of fused-ring (bicyclic) bond motifs is 1. The minimum Gasteiger partial charge on any atom is -0.336 e. The van der Waals surface area contributed by atoms with Crippen molar-refractivity contribution in [3.63, 3.8) is 0 Å². The summed E-state index contributed by atoms with van der Waals surface area (Å²) < 4.78 is 28.8. The lowest BCUT2D eigenvalue weighted by molar-refractivity contribution is 0.0692. The summed E-state index contributed by atoms with van der Waals surface area (Å²) in [6, 6.07) is 6.02. The molecule has 0 spiro atoms. The van der Waals surface area contributed by atoms with E-state index >= 15 is 0 Å². The molecule has 2 heterocycles. The molecule has 0 bridgehead atoms. The summed E-state index contributed by atoms with van der Waals surface area (Å²) in [7, 11) is -1.42. The van der Waals surface area contributed by atoms with Crippen molar-refractivity contribution in [2.45, 2.75) is 19.3 Å². The fraction of sp³-hybridized carbons (Fsp3) is 0.632. The zero-order valence-corrected chi connectivity index (χ0v) is 16.7. The van der Waals surface area contributed by atoms with E-state index in [2.05, 4.69) is 11.0 Å². The molecular formula is C19H28N4O3S. The normalized spacial score (nSPS) is 22.8. The van der Waals surface area contributed by atoms with Crippen LogP contribution < -0.4 is 0 Å². The second kappa shape index (κ2) is 7.50. The van der Waals surface area contributed by atoms with E-state index in [9.17, 15) is 13.2 Å². The fourth-order valence-corrected chi connectivity index (χ4v) is 5.77. The van der Waals surface area contributed by atoms with Gasteiger partial charge in [0.15, 0.2) is 0 Å². The minimum atomic E-state index is -3.43. The Morgan fingerprint density at radius 3 is 2.11 bits per heavy atom. The molecule has 4 rings (SSSR count). The Labute approximate surface area is 161 Å². The Bertz CT molecular complexity index is 810. The maximum Gasteiger partial charge on any atom is 0.282 e. The number of hydrogen-bond acceptors (Lipinski definition) is 4. The van der Waals surface area contributed by atoms with Crippen LogP contribution in [-0.4, -0.2) is 92.1 Å². The highest BCUT2D eigenvalue weighted by atomic mass is 32.2. The number of benzene rings is 1. The van der Waals surface area contributed by atoms with Crippen molar-refractivity contribution < 1.29 is 13.2 Å². The van der Waals surface area contributed by atoms with Gasteiger partial charge in [0.05, 0.1) is 0 Å². The van der Waals surface area contributed by atoms with Crippen molar-refractivity contribution >= 4 is 16.1 Å². The Morgan fingerprint density at radius 2 is 1.44 bits per heavy atom. The Morgan fingerprint density at radius 1 is 0.852 bits per heavy atom. The first-order valence-electron chi connectivity index (χ1n) is 9.80. The number of piperazine rings is 2. The minimum absolute atomic E-state index is 0.0151. The van der Waals surface area contributed by atoms with Gasteiger partial charge in [-0.05, 0) is 49.6 Å². The van der Waals surface area contributed by atoms with Gasteiger partial charge in [0, 0.05) is 57.9 Å². The molecule has 3 aliphatic rings. The first-order valence-corrected chi connectivity index (χ1v) is 11.2. The Kier molecular flexibility index (Phi) is 5.24. The van der Waals surface area contributed by atoms with Gasteiger partial charge in [-0.1, -0.05) is 6.07 Å². The lowest BCUT2D eigenvalue weighted by Gasteiger charge is -2.39. The molecule has 2 saturated heterocycles. The van der Waals surface area contributed by atoms with E-state index < -0.39 is 10.2 Å². The third kappa shape index (κ3) is 3.76. The molecule has 8 heteroatoms. The van der Waals surface area contributed by atoms with Crippen molar-refractivity contribution in [3.8, 4) is 0 Å². The van der Waals surface area contributed by atoms with Gasteiger partial charge in [0.1, 0.15) is 0 Å². The molecule has 0 N–H and O–H groups in total. The molecule has 0 atom stereocenters. The smallest absolute Gasteiger partial charge is 0.282 e. The summed E-state index contributed by atoms with van der Waals surface area (Å²) >= 11 is 0. The summed E-state index contributed by atoms with van der Waals surface area (Å²) in [5.74, 6) is 0.0151. The number of aryl methyl sites for hydroxylation is 2. The first-order chi connectivity index (χ1) is 12.9. The Balaban J connectivity index is 1.38. The molecule has 2 aliphatic heterocycles. The average Bonchev–Trinajstić information content (AvgIpc) is 3.15. The predicted octanol–water partition coefficient (Wildman–Crippen LogP) is 0.425. The molecule has 2 fully saturated rings. The topological polar surface area (TPSA) is 64.2 Å². The first kappa shape index (κ1) is 18.9. The van der Waals surface area contributed by atoms with Gasteiger partial charge in [0.2, 0.25) is 0 Å². The van der Waals surface area contributed by atoms with Gasteiger partial charge in [-0.15, -0.1) is 0 Å². The second-order valence-electron chi connectivity index (χ2n) is 7.74. The average molecular weight is 393 g/mol. The summed E-state index contributed by atoms with van der Waals surface area (Å²) in [6.45, 7) is 4.22. The zero-order chi connectivity index (χ0) is 19.0. The van der Waals surface area contributed by atoms with Gasteiger partial charge < -0.3 is 9.80 Å². The number of nitrogens with zero attached hydrogens (tertiary/aromatic N) is 4. The van der Waals surface area contributed by atoms with Gasteiger partial charge in [-0.25, -0.2) is 0 Å². The molecule has 1 aromatic rings. The molecule has 1 aromatic carbocycles. The van der Waals surface area contributed by atoms with Crippen molar-refractivity contribution in [1.82, 2.24) is 18.4 Å². The summed E-state index contributed by atoms with van der Waals surface area (Å²) in [5, 5.41) is 0. The van der Waals surface area contributed by atoms with Gasteiger partial charge in [-0.2, -0.15) is 17.0 Å². The fourth-order valence-electron chi connectivity index (χ4n) is 4.19. The van der Waals surface area contributed by atoms with Crippen LogP contribution in [0.3, 0.4) is 0 Å². The molecule has 1 aliphatic carbocycles. The molecular weight excluding hydrogens is 364 g/mol.